The molecule has 0 aromatic heterocycles. The van der Waals surface area contributed by atoms with Crippen molar-refractivity contribution < 1.29 is 18.7 Å². The summed E-state index contributed by atoms with van der Waals surface area (Å²) >= 11 is 3.37. The fourth-order valence-corrected chi connectivity index (χ4v) is 4.06. The molecule has 1 atom stereocenters. The maximum absolute atomic E-state index is 14.7. The van der Waals surface area contributed by atoms with Crippen LogP contribution in [0.4, 0.5) is 20.6 Å². The van der Waals surface area contributed by atoms with Gasteiger partial charge in [0.25, 0.3) is 5.91 Å². The highest BCUT2D eigenvalue weighted by Gasteiger charge is 2.31. The fraction of sp³-hybridized carbons (Fsp3) is 0.125. The van der Waals surface area contributed by atoms with Crippen LogP contribution in [-0.2, 0) is 4.79 Å². The van der Waals surface area contributed by atoms with Gasteiger partial charge in [-0.15, -0.1) is 0 Å². The van der Waals surface area contributed by atoms with Crippen LogP contribution in [0.15, 0.2) is 76.2 Å². The van der Waals surface area contributed by atoms with E-state index in [0.29, 0.717) is 27.2 Å². The first-order chi connectivity index (χ1) is 15.9. The minimum absolute atomic E-state index is 0.236. The quantitative estimate of drug-likeness (QED) is 0.539. The molecule has 3 aromatic rings. The molecular weight excluding hydrogens is 491 g/mol. The summed E-state index contributed by atoms with van der Waals surface area (Å²) in [4.78, 5) is 31.8. The number of nitrogens with zero attached hydrogens (tertiary/aromatic N) is 2. The molecule has 0 saturated heterocycles. The molecule has 9 heteroatoms. The Labute approximate surface area is 198 Å². The SMILES string of the molecule is COc1ccc(NC(=O)NC2N=C(c3ccccc3F)c3ccccc3N(C)C2=O)cc1Br. The average Bonchev–Trinajstić information content (AvgIpc) is 2.90. The second-order valence-electron chi connectivity index (χ2n) is 7.22. The normalized spacial score (nSPS) is 15.3. The number of likely N-dealkylation sites (N-methyl/N-ethyl adjacent to an activating group) is 1. The van der Waals surface area contributed by atoms with Crippen molar-refractivity contribution in [1.29, 1.82) is 0 Å². The van der Waals surface area contributed by atoms with Crippen LogP contribution in [-0.4, -0.2) is 38.0 Å². The number of benzodiazepines with no additional fused rings is 1. The summed E-state index contributed by atoms with van der Waals surface area (Å²) in [5.41, 5.74) is 2.14. The Bertz CT molecular complexity index is 1260. The van der Waals surface area contributed by atoms with E-state index in [9.17, 15) is 14.0 Å². The number of anilines is 2. The molecule has 0 fully saturated rings. The molecule has 3 aromatic carbocycles. The molecule has 0 spiro atoms. The van der Waals surface area contributed by atoms with Crippen molar-refractivity contribution in [3.8, 4) is 5.75 Å². The Hall–Kier alpha value is -3.72. The number of nitrogens with one attached hydrogen (secondary N) is 2. The highest BCUT2D eigenvalue weighted by atomic mass is 79.9. The monoisotopic (exact) mass is 510 g/mol. The zero-order valence-electron chi connectivity index (χ0n) is 17.8. The molecular formula is C24H20BrFN4O3. The number of benzene rings is 3. The Morgan fingerprint density at radius 3 is 2.48 bits per heavy atom. The van der Waals surface area contributed by atoms with Crippen LogP contribution in [0, 0.1) is 5.82 Å². The first-order valence-corrected chi connectivity index (χ1v) is 10.8. The molecule has 1 heterocycles. The van der Waals surface area contributed by atoms with Crippen molar-refractivity contribution in [1.82, 2.24) is 5.32 Å². The van der Waals surface area contributed by atoms with E-state index in [1.807, 2.05) is 0 Å². The lowest BCUT2D eigenvalue weighted by molar-refractivity contribution is -0.119. The van der Waals surface area contributed by atoms with Gasteiger partial charge in [0.2, 0.25) is 6.17 Å². The number of methoxy groups -OCH3 is 1. The van der Waals surface area contributed by atoms with Crippen LogP contribution in [0.3, 0.4) is 0 Å². The molecule has 1 aliphatic rings. The number of para-hydroxylation sites is 1. The number of fused-ring (bicyclic) bond motifs is 1. The van der Waals surface area contributed by atoms with Crippen molar-refractivity contribution in [2.24, 2.45) is 4.99 Å². The van der Waals surface area contributed by atoms with Crippen LogP contribution < -0.4 is 20.3 Å². The molecule has 0 radical (unpaired) electrons. The molecule has 4 rings (SSSR count). The van der Waals surface area contributed by atoms with Crippen LogP contribution in [0.25, 0.3) is 0 Å². The molecule has 0 bridgehead atoms. The Morgan fingerprint density at radius 1 is 1.09 bits per heavy atom. The largest absolute Gasteiger partial charge is 0.496 e. The molecule has 2 N–H and O–H groups in total. The van der Waals surface area contributed by atoms with Crippen LogP contribution in [0.1, 0.15) is 11.1 Å². The summed E-state index contributed by atoms with van der Waals surface area (Å²) in [6.07, 6.45) is -1.27. The lowest BCUT2D eigenvalue weighted by atomic mass is 10.00. The number of hydrogen-bond acceptors (Lipinski definition) is 4. The van der Waals surface area contributed by atoms with Crippen molar-refractivity contribution in [3.05, 3.63) is 88.1 Å². The zero-order chi connectivity index (χ0) is 23.5. The average molecular weight is 511 g/mol. The zero-order valence-corrected chi connectivity index (χ0v) is 19.4. The van der Waals surface area contributed by atoms with E-state index in [2.05, 4.69) is 31.6 Å². The standard InChI is InChI=1S/C24H20BrFN4O3/c1-30-19-10-6-4-8-16(19)21(15-7-3-5-9-18(15)26)28-22(23(30)31)29-24(32)27-14-11-12-20(33-2)17(25)13-14/h3-13,22H,1-2H3,(H2,27,29,32). The first-order valence-electron chi connectivity index (χ1n) is 9.99. The third kappa shape index (κ3) is 4.58. The molecule has 7 nitrogen and oxygen atoms in total. The topological polar surface area (TPSA) is 83.0 Å². The molecule has 168 valence electrons. The summed E-state index contributed by atoms with van der Waals surface area (Å²) in [6.45, 7) is 0. The number of aliphatic imine (C=N–C) groups is 1. The van der Waals surface area contributed by atoms with Crippen LogP contribution in [0.5, 0.6) is 5.75 Å². The van der Waals surface area contributed by atoms with Gasteiger partial charge in [-0.3, -0.25) is 4.79 Å². The number of rotatable bonds is 4. The minimum Gasteiger partial charge on any atom is -0.496 e. The molecule has 1 aliphatic heterocycles. The Kier molecular flexibility index (Phi) is 6.41. The second-order valence-corrected chi connectivity index (χ2v) is 8.08. The van der Waals surface area contributed by atoms with E-state index >= 15 is 0 Å². The van der Waals surface area contributed by atoms with Gasteiger partial charge in [-0.1, -0.05) is 30.3 Å². The first kappa shape index (κ1) is 22.5. The summed E-state index contributed by atoms with van der Waals surface area (Å²) in [5.74, 6) is -0.326. The summed E-state index contributed by atoms with van der Waals surface area (Å²) in [6, 6.07) is 17.7. The van der Waals surface area contributed by atoms with E-state index < -0.39 is 23.9 Å². The Morgan fingerprint density at radius 2 is 1.79 bits per heavy atom. The third-order valence-corrected chi connectivity index (χ3v) is 5.77. The van der Waals surface area contributed by atoms with Crippen molar-refractivity contribution in [2.75, 3.05) is 24.4 Å². The lowest BCUT2D eigenvalue weighted by Gasteiger charge is -2.21. The van der Waals surface area contributed by atoms with Gasteiger partial charge in [0.1, 0.15) is 11.6 Å². The number of carbonyl (C=O) groups excluding carboxylic acids is 2. The van der Waals surface area contributed by atoms with E-state index in [1.165, 1.54) is 18.1 Å². The van der Waals surface area contributed by atoms with Gasteiger partial charge in [0.15, 0.2) is 0 Å². The molecule has 0 aliphatic carbocycles. The van der Waals surface area contributed by atoms with Crippen LogP contribution >= 0.6 is 15.9 Å². The maximum Gasteiger partial charge on any atom is 0.321 e. The Balaban J connectivity index is 1.68. The van der Waals surface area contributed by atoms with Gasteiger partial charge in [0, 0.05) is 23.9 Å². The van der Waals surface area contributed by atoms with Crippen molar-refractivity contribution >= 4 is 45.0 Å². The molecule has 33 heavy (non-hydrogen) atoms. The lowest BCUT2D eigenvalue weighted by Crippen LogP contribution is -2.47. The number of hydrogen-bond donors (Lipinski definition) is 2. The number of amides is 3. The van der Waals surface area contributed by atoms with Gasteiger partial charge >= 0.3 is 6.03 Å². The van der Waals surface area contributed by atoms with Gasteiger partial charge in [0.05, 0.1) is 23.0 Å². The highest BCUT2D eigenvalue weighted by molar-refractivity contribution is 9.10. The van der Waals surface area contributed by atoms with Crippen molar-refractivity contribution in [3.63, 3.8) is 0 Å². The number of ether oxygens (including phenoxy) is 1. The van der Waals surface area contributed by atoms with Gasteiger partial charge in [-0.2, -0.15) is 0 Å². The van der Waals surface area contributed by atoms with E-state index in [4.69, 9.17) is 4.74 Å². The predicted molar refractivity (Wildman–Crippen MR) is 129 cm³/mol. The van der Waals surface area contributed by atoms with Gasteiger partial charge < -0.3 is 20.3 Å². The molecule has 3 amide bonds. The number of halogens is 2. The number of carbonyl (C=O) groups is 2. The highest BCUT2D eigenvalue weighted by Crippen LogP contribution is 2.29. The second kappa shape index (κ2) is 9.41. The van der Waals surface area contributed by atoms with E-state index in [1.54, 1.807) is 67.7 Å². The van der Waals surface area contributed by atoms with Gasteiger partial charge in [-0.05, 0) is 52.3 Å². The summed E-state index contributed by atoms with van der Waals surface area (Å²) in [7, 11) is 3.13. The smallest absolute Gasteiger partial charge is 0.321 e. The fourth-order valence-electron chi connectivity index (χ4n) is 3.52. The summed E-state index contributed by atoms with van der Waals surface area (Å²) in [5, 5.41) is 5.27. The van der Waals surface area contributed by atoms with Crippen LogP contribution in [0.2, 0.25) is 0 Å². The van der Waals surface area contributed by atoms with E-state index in [0.717, 1.165) is 0 Å². The molecule has 0 saturated carbocycles. The maximum atomic E-state index is 14.7. The number of urea groups is 1. The predicted octanol–water partition coefficient (Wildman–Crippen LogP) is 4.56. The third-order valence-electron chi connectivity index (χ3n) is 5.15. The minimum atomic E-state index is -1.27. The van der Waals surface area contributed by atoms with E-state index in [-0.39, 0.29) is 11.3 Å². The molecule has 1 unspecified atom stereocenters. The van der Waals surface area contributed by atoms with Crippen molar-refractivity contribution in [2.45, 2.75) is 6.17 Å². The summed E-state index contributed by atoms with van der Waals surface area (Å²) < 4.78 is 20.5. The van der Waals surface area contributed by atoms with Gasteiger partial charge in [-0.25, -0.2) is 14.2 Å².